The van der Waals surface area contributed by atoms with Gasteiger partial charge in [0, 0.05) is 6.07 Å². The van der Waals surface area contributed by atoms with Gasteiger partial charge in [0.25, 0.3) is 0 Å². The van der Waals surface area contributed by atoms with Crippen molar-refractivity contribution < 1.29 is 27.8 Å². The zero-order valence-corrected chi connectivity index (χ0v) is 14.3. The maximum absolute atomic E-state index is 13.5. The SMILES string of the molecule is COC(=O)c1cc(F)c(F)cc1NC(=O)OCc1ccc2ccccc2c1. The van der Waals surface area contributed by atoms with Gasteiger partial charge in [-0.25, -0.2) is 18.4 Å². The van der Waals surface area contributed by atoms with Crippen LogP contribution < -0.4 is 5.32 Å². The molecule has 0 bridgehead atoms. The lowest BCUT2D eigenvalue weighted by Crippen LogP contribution is -2.17. The standard InChI is InChI=1S/C20H15F2NO4/c1-26-19(24)15-9-16(21)17(22)10-18(15)23-20(25)27-11-12-6-7-13-4-2-3-5-14(13)8-12/h2-10H,11H2,1H3,(H,23,25). The molecule has 0 aliphatic heterocycles. The number of hydrogen-bond donors (Lipinski definition) is 1. The van der Waals surface area contributed by atoms with Crippen molar-refractivity contribution in [1.82, 2.24) is 0 Å². The summed E-state index contributed by atoms with van der Waals surface area (Å²) in [5.74, 6) is -3.36. The van der Waals surface area contributed by atoms with Gasteiger partial charge in [-0.3, -0.25) is 5.32 Å². The third-order valence-electron chi connectivity index (χ3n) is 3.89. The molecule has 3 aromatic carbocycles. The maximum Gasteiger partial charge on any atom is 0.411 e. The van der Waals surface area contributed by atoms with Crippen LogP contribution in [0.3, 0.4) is 0 Å². The zero-order chi connectivity index (χ0) is 19.4. The highest BCUT2D eigenvalue weighted by Gasteiger charge is 2.18. The average molecular weight is 371 g/mol. The summed E-state index contributed by atoms with van der Waals surface area (Å²) in [6.45, 7) is -0.0338. The fourth-order valence-electron chi connectivity index (χ4n) is 2.55. The molecule has 0 saturated carbocycles. The molecule has 0 radical (unpaired) electrons. The molecule has 5 nitrogen and oxygen atoms in total. The summed E-state index contributed by atoms with van der Waals surface area (Å²) in [4.78, 5) is 23.7. The summed E-state index contributed by atoms with van der Waals surface area (Å²) >= 11 is 0. The first-order valence-corrected chi connectivity index (χ1v) is 7.97. The number of hydrogen-bond acceptors (Lipinski definition) is 4. The van der Waals surface area contributed by atoms with E-state index in [9.17, 15) is 18.4 Å². The summed E-state index contributed by atoms with van der Waals surface area (Å²) in [6, 6.07) is 14.7. The smallest absolute Gasteiger partial charge is 0.411 e. The van der Waals surface area contributed by atoms with Gasteiger partial charge in [-0.2, -0.15) is 0 Å². The van der Waals surface area contributed by atoms with Crippen molar-refractivity contribution in [2.45, 2.75) is 6.61 Å². The Kier molecular flexibility index (Phi) is 5.30. The topological polar surface area (TPSA) is 64.6 Å². The van der Waals surface area contributed by atoms with E-state index in [1.807, 2.05) is 42.5 Å². The summed E-state index contributed by atoms with van der Waals surface area (Å²) in [7, 11) is 1.09. The molecule has 138 valence electrons. The van der Waals surface area contributed by atoms with Gasteiger partial charge in [-0.1, -0.05) is 36.4 Å². The molecule has 0 heterocycles. The van der Waals surface area contributed by atoms with Gasteiger partial charge in [0.05, 0.1) is 18.4 Å². The minimum absolute atomic E-state index is 0.0338. The number of ether oxygens (including phenoxy) is 2. The molecule has 0 saturated heterocycles. The monoisotopic (exact) mass is 371 g/mol. The number of amides is 1. The number of carbonyl (C=O) groups excluding carboxylic acids is 2. The number of fused-ring (bicyclic) bond motifs is 1. The molecule has 1 N–H and O–H groups in total. The van der Waals surface area contributed by atoms with Gasteiger partial charge in [-0.05, 0) is 28.5 Å². The fraction of sp³-hybridized carbons (Fsp3) is 0.100. The molecule has 3 aromatic rings. The third kappa shape index (κ3) is 4.20. The van der Waals surface area contributed by atoms with Gasteiger partial charge >= 0.3 is 12.1 Å². The molecule has 27 heavy (non-hydrogen) atoms. The van der Waals surface area contributed by atoms with Crippen molar-refractivity contribution in [3.8, 4) is 0 Å². The second-order valence-corrected chi connectivity index (χ2v) is 5.69. The molecule has 0 atom stereocenters. The van der Waals surface area contributed by atoms with Crippen molar-refractivity contribution in [2.24, 2.45) is 0 Å². The number of rotatable bonds is 4. The van der Waals surface area contributed by atoms with Crippen LogP contribution in [-0.2, 0) is 16.1 Å². The third-order valence-corrected chi connectivity index (χ3v) is 3.89. The van der Waals surface area contributed by atoms with Crippen LogP contribution in [-0.4, -0.2) is 19.2 Å². The van der Waals surface area contributed by atoms with Crippen LogP contribution in [0.15, 0.2) is 54.6 Å². The van der Waals surface area contributed by atoms with Crippen molar-refractivity contribution in [1.29, 1.82) is 0 Å². The molecular weight excluding hydrogens is 356 g/mol. The van der Waals surface area contributed by atoms with E-state index in [1.165, 1.54) is 0 Å². The lowest BCUT2D eigenvalue weighted by molar-refractivity contribution is 0.0601. The van der Waals surface area contributed by atoms with Gasteiger partial charge < -0.3 is 9.47 Å². The second-order valence-electron chi connectivity index (χ2n) is 5.69. The van der Waals surface area contributed by atoms with Crippen LogP contribution >= 0.6 is 0 Å². The van der Waals surface area contributed by atoms with Crippen LogP contribution in [0.5, 0.6) is 0 Å². The van der Waals surface area contributed by atoms with Crippen LogP contribution in [0.1, 0.15) is 15.9 Å². The molecule has 1 amide bonds. The normalized spacial score (nSPS) is 10.5. The van der Waals surface area contributed by atoms with E-state index < -0.39 is 23.7 Å². The lowest BCUT2D eigenvalue weighted by Gasteiger charge is -2.11. The Morgan fingerprint density at radius 1 is 0.963 bits per heavy atom. The molecule has 7 heteroatoms. The number of esters is 1. The summed E-state index contributed by atoms with van der Waals surface area (Å²) in [5.41, 5.74) is 0.186. The average Bonchev–Trinajstić information content (AvgIpc) is 2.68. The van der Waals surface area contributed by atoms with Crippen molar-refractivity contribution >= 4 is 28.5 Å². The number of methoxy groups -OCH3 is 1. The Morgan fingerprint density at radius 2 is 1.67 bits per heavy atom. The van der Waals surface area contributed by atoms with E-state index in [0.29, 0.717) is 12.1 Å². The number of halogens is 2. The minimum Gasteiger partial charge on any atom is -0.465 e. The Labute approximate surface area is 153 Å². The highest BCUT2D eigenvalue weighted by atomic mass is 19.2. The number of nitrogens with one attached hydrogen (secondary N) is 1. The number of anilines is 1. The van der Waals surface area contributed by atoms with E-state index in [1.54, 1.807) is 0 Å². The highest BCUT2D eigenvalue weighted by Crippen LogP contribution is 2.22. The first-order chi connectivity index (χ1) is 13.0. The Bertz CT molecular complexity index is 1020. The van der Waals surface area contributed by atoms with Crippen LogP contribution in [0.25, 0.3) is 10.8 Å². The zero-order valence-electron chi connectivity index (χ0n) is 14.3. The number of carbonyl (C=O) groups is 2. The summed E-state index contributed by atoms with van der Waals surface area (Å²) in [5, 5.41) is 4.28. The summed E-state index contributed by atoms with van der Waals surface area (Å²) < 4.78 is 36.4. The predicted molar refractivity (Wildman–Crippen MR) is 95.5 cm³/mol. The van der Waals surface area contributed by atoms with Gasteiger partial charge in [0.15, 0.2) is 11.6 Å². The van der Waals surface area contributed by atoms with E-state index in [0.717, 1.165) is 23.4 Å². The van der Waals surface area contributed by atoms with Crippen molar-refractivity contribution in [3.05, 3.63) is 77.4 Å². The molecule has 0 fully saturated rings. The van der Waals surface area contributed by atoms with Crippen LogP contribution in [0.4, 0.5) is 19.3 Å². The fourth-order valence-corrected chi connectivity index (χ4v) is 2.55. The molecule has 0 spiro atoms. The lowest BCUT2D eigenvalue weighted by atomic mass is 10.1. The largest absolute Gasteiger partial charge is 0.465 e. The predicted octanol–water partition coefficient (Wildman–Crippen LogP) is 4.65. The Hall–Kier alpha value is -3.48. The molecule has 0 unspecified atom stereocenters. The van der Waals surface area contributed by atoms with E-state index >= 15 is 0 Å². The van der Waals surface area contributed by atoms with Crippen LogP contribution in [0, 0.1) is 11.6 Å². The van der Waals surface area contributed by atoms with Gasteiger partial charge in [-0.15, -0.1) is 0 Å². The molecule has 0 aliphatic carbocycles. The molecule has 0 aromatic heterocycles. The Morgan fingerprint density at radius 3 is 2.41 bits per heavy atom. The summed E-state index contributed by atoms with van der Waals surface area (Å²) in [6.07, 6.45) is -0.917. The van der Waals surface area contributed by atoms with Crippen LogP contribution in [0.2, 0.25) is 0 Å². The van der Waals surface area contributed by atoms with Crippen molar-refractivity contribution in [3.63, 3.8) is 0 Å². The first-order valence-electron chi connectivity index (χ1n) is 7.97. The minimum atomic E-state index is -1.23. The molecule has 0 aliphatic rings. The van der Waals surface area contributed by atoms with Crippen molar-refractivity contribution in [2.75, 3.05) is 12.4 Å². The highest BCUT2D eigenvalue weighted by molar-refractivity contribution is 5.99. The van der Waals surface area contributed by atoms with E-state index in [2.05, 4.69) is 10.1 Å². The first kappa shape index (κ1) is 18.3. The number of benzene rings is 3. The molecule has 3 rings (SSSR count). The maximum atomic E-state index is 13.5. The van der Waals surface area contributed by atoms with E-state index in [4.69, 9.17) is 4.74 Å². The second kappa shape index (κ2) is 7.82. The quantitative estimate of drug-likeness (QED) is 0.678. The Balaban J connectivity index is 1.71. The molecular formula is C20H15F2NO4. The van der Waals surface area contributed by atoms with E-state index in [-0.39, 0.29) is 17.9 Å². The van der Waals surface area contributed by atoms with Gasteiger partial charge in [0.2, 0.25) is 0 Å². The van der Waals surface area contributed by atoms with Gasteiger partial charge in [0.1, 0.15) is 6.61 Å².